The molecule has 0 aliphatic carbocycles. The highest BCUT2D eigenvalue weighted by atomic mass is 79.9. The molecular formula is C11H16BrNO3S. The lowest BCUT2D eigenvalue weighted by molar-refractivity contribution is 0.274. The van der Waals surface area contributed by atoms with Gasteiger partial charge in [-0.2, -0.15) is 0 Å². The maximum Gasteiger partial charge on any atom is 0.261 e. The number of ether oxygens (including phenoxy) is 1. The fourth-order valence-electron chi connectivity index (χ4n) is 1.13. The number of rotatable bonds is 6. The molecule has 0 amide bonds. The molecule has 0 aromatic heterocycles. The van der Waals surface area contributed by atoms with Gasteiger partial charge >= 0.3 is 0 Å². The maximum atomic E-state index is 10.8. The van der Waals surface area contributed by atoms with E-state index in [0.717, 1.165) is 11.1 Å². The van der Waals surface area contributed by atoms with Crippen molar-refractivity contribution in [2.24, 2.45) is 5.92 Å². The first kappa shape index (κ1) is 14.5. The van der Waals surface area contributed by atoms with Crippen LogP contribution in [0.15, 0.2) is 24.3 Å². The van der Waals surface area contributed by atoms with E-state index in [4.69, 9.17) is 9.29 Å². The van der Waals surface area contributed by atoms with Crippen molar-refractivity contribution < 1.29 is 13.5 Å². The van der Waals surface area contributed by atoms with Crippen molar-refractivity contribution in [3.05, 3.63) is 24.3 Å². The van der Waals surface area contributed by atoms with Gasteiger partial charge in [-0.1, -0.05) is 22.9 Å². The number of nitrogens with zero attached hydrogens (tertiary/aromatic N) is 1. The summed E-state index contributed by atoms with van der Waals surface area (Å²) in [4.78, 5) is 0. The molecule has 0 aliphatic heterocycles. The van der Waals surface area contributed by atoms with E-state index in [2.05, 4.69) is 22.9 Å². The third-order valence-corrected chi connectivity index (χ3v) is 4.02. The number of benzene rings is 1. The Hall–Kier alpha value is -0.590. The summed E-state index contributed by atoms with van der Waals surface area (Å²) >= 11 is 1.39. The quantitative estimate of drug-likeness (QED) is 0.647. The summed E-state index contributed by atoms with van der Waals surface area (Å²) in [6.45, 7) is 2.73. The van der Waals surface area contributed by atoms with Crippen LogP contribution in [-0.2, 0) is 11.3 Å². The van der Waals surface area contributed by atoms with Crippen molar-refractivity contribution >= 4 is 32.9 Å². The normalized spacial score (nSPS) is 14.1. The largest absolute Gasteiger partial charge is 0.493 e. The van der Waals surface area contributed by atoms with Gasteiger partial charge in [-0.3, -0.25) is 8.86 Å². The minimum Gasteiger partial charge on any atom is -0.493 e. The molecule has 2 atom stereocenters. The molecule has 1 aromatic carbocycles. The lowest BCUT2D eigenvalue weighted by Gasteiger charge is -2.15. The Balaban J connectivity index is 2.59. The predicted octanol–water partition coefficient (Wildman–Crippen LogP) is 2.67. The number of halogens is 1. The molecule has 0 fully saturated rings. The van der Waals surface area contributed by atoms with Crippen LogP contribution in [0.1, 0.15) is 6.92 Å². The first-order chi connectivity index (χ1) is 8.04. The van der Waals surface area contributed by atoms with Gasteiger partial charge in [-0.15, -0.1) is 0 Å². The Morgan fingerprint density at radius 2 is 2.06 bits per heavy atom. The monoisotopic (exact) mass is 321 g/mol. The van der Waals surface area contributed by atoms with Crippen molar-refractivity contribution in [2.45, 2.75) is 6.92 Å². The van der Waals surface area contributed by atoms with Crippen molar-refractivity contribution in [1.29, 1.82) is 0 Å². The molecule has 0 heterocycles. The van der Waals surface area contributed by atoms with E-state index in [1.165, 1.54) is 4.31 Å². The molecule has 0 spiro atoms. The highest BCUT2D eigenvalue weighted by Crippen LogP contribution is 2.19. The second kappa shape index (κ2) is 6.98. The second-order valence-corrected chi connectivity index (χ2v) is 5.45. The van der Waals surface area contributed by atoms with E-state index in [1.54, 1.807) is 31.3 Å². The molecule has 2 unspecified atom stereocenters. The lowest BCUT2D eigenvalue weighted by atomic mass is 10.2. The van der Waals surface area contributed by atoms with Crippen LogP contribution in [-0.4, -0.2) is 27.7 Å². The highest BCUT2D eigenvalue weighted by Gasteiger charge is 2.06. The molecule has 0 saturated heterocycles. The fourth-order valence-corrected chi connectivity index (χ4v) is 1.61. The highest BCUT2D eigenvalue weighted by molar-refractivity contribution is 9.09. The molecule has 1 rings (SSSR count). The van der Waals surface area contributed by atoms with E-state index in [9.17, 15) is 4.21 Å². The summed E-state index contributed by atoms with van der Waals surface area (Å²) in [5.41, 5.74) is 0.673. The summed E-state index contributed by atoms with van der Waals surface area (Å²) in [6, 6.07) is 7.09. The molecular weight excluding hydrogens is 306 g/mol. The molecule has 4 nitrogen and oxygen atoms in total. The lowest BCUT2D eigenvalue weighted by Crippen LogP contribution is -2.18. The summed E-state index contributed by atoms with van der Waals surface area (Å²) in [7, 11) is 1.55. The van der Waals surface area contributed by atoms with Gasteiger partial charge in [0.25, 0.3) is 11.3 Å². The van der Waals surface area contributed by atoms with Gasteiger partial charge in [0.15, 0.2) is 0 Å². The average molecular weight is 322 g/mol. The maximum absolute atomic E-state index is 10.8. The molecule has 1 N–H and O–H groups in total. The smallest absolute Gasteiger partial charge is 0.261 e. The summed E-state index contributed by atoms with van der Waals surface area (Å²) in [6.07, 6.45) is 0. The number of alkyl halides is 1. The van der Waals surface area contributed by atoms with Gasteiger partial charge in [0.05, 0.1) is 12.3 Å². The van der Waals surface area contributed by atoms with Crippen LogP contribution in [0, 0.1) is 5.92 Å². The summed E-state index contributed by atoms with van der Waals surface area (Å²) in [5.74, 6) is 1.21. The van der Waals surface area contributed by atoms with Gasteiger partial charge in [0.1, 0.15) is 5.75 Å². The zero-order valence-electron chi connectivity index (χ0n) is 9.80. The van der Waals surface area contributed by atoms with Crippen LogP contribution >= 0.6 is 15.9 Å². The minimum atomic E-state index is -1.99. The first-order valence-corrected chi connectivity index (χ1v) is 7.36. The van der Waals surface area contributed by atoms with Crippen molar-refractivity contribution in [3.63, 3.8) is 0 Å². The molecule has 0 aliphatic rings. The van der Waals surface area contributed by atoms with Crippen LogP contribution in [0.25, 0.3) is 0 Å². The van der Waals surface area contributed by atoms with Gasteiger partial charge in [0, 0.05) is 12.4 Å². The van der Waals surface area contributed by atoms with Crippen molar-refractivity contribution in [1.82, 2.24) is 0 Å². The Kier molecular flexibility index (Phi) is 5.94. The van der Waals surface area contributed by atoms with Gasteiger partial charge in [0.2, 0.25) is 0 Å². The van der Waals surface area contributed by atoms with Crippen molar-refractivity contribution in [2.75, 3.05) is 23.3 Å². The van der Waals surface area contributed by atoms with Crippen LogP contribution < -0.4 is 9.04 Å². The number of anilines is 1. The Morgan fingerprint density at radius 1 is 1.47 bits per heavy atom. The van der Waals surface area contributed by atoms with Gasteiger partial charge in [-0.25, -0.2) is 4.21 Å². The number of hydrogen-bond donors (Lipinski definition) is 1. The van der Waals surface area contributed by atoms with E-state index in [1.807, 2.05) is 0 Å². The Labute approximate surface area is 113 Å². The van der Waals surface area contributed by atoms with Gasteiger partial charge < -0.3 is 4.74 Å². The summed E-state index contributed by atoms with van der Waals surface area (Å²) < 4.78 is 26.6. The zero-order valence-corrected chi connectivity index (χ0v) is 12.2. The molecule has 0 radical (unpaired) electrons. The summed E-state index contributed by atoms with van der Waals surface area (Å²) in [5, 5.41) is 0.900. The number of hydrogen-bond acceptors (Lipinski definition) is 2. The van der Waals surface area contributed by atoms with Crippen molar-refractivity contribution in [3.8, 4) is 5.75 Å². The SMILES string of the molecule is CC(CBr)COc1ccc(N(C)S(=O)O)cc1. The molecule has 0 saturated carbocycles. The molecule has 1 aromatic rings. The van der Waals surface area contributed by atoms with Gasteiger partial charge in [-0.05, 0) is 30.2 Å². The van der Waals surface area contributed by atoms with Crippen LogP contribution in [0.2, 0.25) is 0 Å². The third kappa shape index (κ3) is 4.65. The molecule has 0 bridgehead atoms. The molecule has 6 heteroatoms. The third-order valence-electron chi connectivity index (χ3n) is 2.23. The molecule has 96 valence electrons. The Morgan fingerprint density at radius 3 is 2.53 bits per heavy atom. The second-order valence-electron chi connectivity index (χ2n) is 3.79. The van der Waals surface area contributed by atoms with E-state index in [0.29, 0.717) is 18.2 Å². The Bertz CT molecular complexity index is 371. The molecule has 17 heavy (non-hydrogen) atoms. The van der Waals surface area contributed by atoms with Crippen LogP contribution in [0.3, 0.4) is 0 Å². The van der Waals surface area contributed by atoms with E-state index in [-0.39, 0.29) is 0 Å². The van der Waals surface area contributed by atoms with Crippen LogP contribution in [0.5, 0.6) is 5.75 Å². The predicted molar refractivity (Wildman–Crippen MR) is 74.1 cm³/mol. The average Bonchev–Trinajstić information content (AvgIpc) is 2.35. The van der Waals surface area contributed by atoms with Crippen LogP contribution in [0.4, 0.5) is 5.69 Å². The standard InChI is InChI=1S/C11H16BrNO3S/c1-9(7-12)8-16-11-5-3-10(4-6-11)13(2)17(14)15/h3-6,9H,7-8H2,1-2H3,(H,14,15). The first-order valence-electron chi connectivity index (χ1n) is 5.18. The minimum absolute atomic E-state index is 0.447. The topological polar surface area (TPSA) is 49.8 Å². The van der Waals surface area contributed by atoms with E-state index < -0.39 is 11.3 Å². The van der Waals surface area contributed by atoms with E-state index >= 15 is 0 Å². The zero-order chi connectivity index (χ0) is 12.8. The fraction of sp³-hybridized carbons (Fsp3) is 0.455.